The van der Waals surface area contributed by atoms with Crippen molar-refractivity contribution < 1.29 is 0 Å². The van der Waals surface area contributed by atoms with E-state index >= 15 is 0 Å². The molecule has 5 rings (SSSR count). The minimum Gasteiger partial charge on any atom is -0.351 e. The molecule has 0 amide bonds. The van der Waals surface area contributed by atoms with Gasteiger partial charge < -0.3 is 14.8 Å². The van der Waals surface area contributed by atoms with Crippen molar-refractivity contribution in [1.82, 2.24) is 14.9 Å². The third-order valence-electron chi connectivity index (χ3n) is 6.05. The smallest absolute Gasteiger partial charge is 0.174 e. The van der Waals surface area contributed by atoms with Gasteiger partial charge in [0.05, 0.1) is 11.7 Å². The van der Waals surface area contributed by atoms with E-state index in [4.69, 9.17) is 12.2 Å². The van der Waals surface area contributed by atoms with Crippen molar-refractivity contribution in [2.75, 3.05) is 4.90 Å². The third kappa shape index (κ3) is 3.74. The molecule has 4 aromatic rings. The average Bonchev–Trinajstić information content (AvgIpc) is 3.41. The molecule has 6 heteroatoms. The van der Waals surface area contributed by atoms with Gasteiger partial charge in [0, 0.05) is 33.9 Å². The molecule has 0 unspecified atom stereocenters. The van der Waals surface area contributed by atoms with Crippen LogP contribution in [0.1, 0.15) is 34.6 Å². The van der Waals surface area contributed by atoms with E-state index in [0.717, 1.165) is 27.2 Å². The molecule has 32 heavy (non-hydrogen) atoms. The van der Waals surface area contributed by atoms with E-state index in [1.54, 1.807) is 0 Å². The number of aryl methyl sites for hydroxylation is 2. The van der Waals surface area contributed by atoms with Gasteiger partial charge in [0.2, 0.25) is 0 Å². The van der Waals surface area contributed by atoms with Crippen LogP contribution >= 0.6 is 28.1 Å². The molecular weight excluding hydrogens is 480 g/mol. The van der Waals surface area contributed by atoms with Gasteiger partial charge in [-0.1, -0.05) is 28.1 Å². The number of aromatic nitrogens is 2. The molecule has 1 aliphatic rings. The van der Waals surface area contributed by atoms with Crippen LogP contribution in [0.5, 0.6) is 0 Å². The summed E-state index contributed by atoms with van der Waals surface area (Å²) < 4.78 is 3.30. The first-order valence-electron chi connectivity index (χ1n) is 10.5. The van der Waals surface area contributed by atoms with Gasteiger partial charge in [0.15, 0.2) is 5.11 Å². The molecule has 3 heterocycles. The van der Waals surface area contributed by atoms with Crippen molar-refractivity contribution in [2.45, 2.75) is 25.9 Å². The highest BCUT2D eigenvalue weighted by atomic mass is 79.9. The lowest BCUT2D eigenvalue weighted by molar-refractivity contribution is 0.549. The zero-order valence-electron chi connectivity index (χ0n) is 17.9. The summed E-state index contributed by atoms with van der Waals surface area (Å²) in [6, 6.07) is 25.0. The van der Waals surface area contributed by atoms with Crippen LogP contribution in [0.3, 0.4) is 0 Å². The van der Waals surface area contributed by atoms with Crippen molar-refractivity contribution in [3.8, 4) is 5.69 Å². The van der Waals surface area contributed by atoms with Crippen molar-refractivity contribution in [2.24, 2.45) is 0 Å². The molecule has 2 atom stereocenters. The summed E-state index contributed by atoms with van der Waals surface area (Å²) in [6.07, 6.45) is 3.96. The first-order chi connectivity index (χ1) is 15.5. The third-order valence-corrected chi connectivity index (χ3v) is 6.90. The number of nitrogens with one attached hydrogen (secondary N) is 1. The van der Waals surface area contributed by atoms with E-state index in [1.165, 1.54) is 11.1 Å². The molecule has 4 nitrogen and oxygen atoms in total. The second kappa shape index (κ2) is 8.52. The average molecular weight is 503 g/mol. The Bertz CT molecular complexity index is 1270. The molecule has 0 saturated carbocycles. The normalized spacial score (nSPS) is 18.1. The first-order valence-corrected chi connectivity index (χ1v) is 11.7. The number of hydrogen-bond donors (Lipinski definition) is 1. The van der Waals surface area contributed by atoms with E-state index < -0.39 is 0 Å². The Balaban J connectivity index is 1.67. The highest BCUT2D eigenvalue weighted by Gasteiger charge is 2.42. The number of benzene rings is 2. The zero-order chi connectivity index (χ0) is 22.2. The lowest BCUT2D eigenvalue weighted by Crippen LogP contribution is -2.30. The van der Waals surface area contributed by atoms with Gasteiger partial charge in [-0.3, -0.25) is 4.98 Å². The summed E-state index contributed by atoms with van der Waals surface area (Å²) >= 11 is 9.39. The minimum absolute atomic E-state index is 0.0600. The quantitative estimate of drug-likeness (QED) is 0.326. The van der Waals surface area contributed by atoms with Crippen molar-refractivity contribution in [3.63, 3.8) is 0 Å². The Hall–Kier alpha value is -2.96. The molecule has 160 valence electrons. The number of hydrogen-bond acceptors (Lipinski definition) is 2. The predicted octanol–water partition coefficient (Wildman–Crippen LogP) is 6.43. The van der Waals surface area contributed by atoms with Crippen molar-refractivity contribution in [3.05, 3.63) is 112 Å². The summed E-state index contributed by atoms with van der Waals surface area (Å²) in [7, 11) is 0. The fraction of sp³-hybridized carbons (Fsp3) is 0.154. The van der Waals surface area contributed by atoms with Crippen LogP contribution in [-0.2, 0) is 0 Å². The van der Waals surface area contributed by atoms with Gasteiger partial charge >= 0.3 is 0 Å². The SMILES string of the molecule is Cc1ccc(-n2cccc2[C@H]2[C@H](c3ccccn3)NC(=S)N2c2ccc(Br)cc2)cc1C. The maximum atomic E-state index is 5.85. The van der Waals surface area contributed by atoms with Crippen LogP contribution in [0.4, 0.5) is 5.69 Å². The Morgan fingerprint density at radius 1 is 0.906 bits per heavy atom. The molecular formula is C26H23BrN4S. The molecule has 2 aromatic heterocycles. The van der Waals surface area contributed by atoms with Gasteiger partial charge in [-0.05, 0) is 97.9 Å². The van der Waals surface area contributed by atoms with E-state index in [9.17, 15) is 0 Å². The molecule has 0 radical (unpaired) electrons. The summed E-state index contributed by atoms with van der Waals surface area (Å²) in [6.45, 7) is 4.29. The highest BCUT2D eigenvalue weighted by Crippen LogP contribution is 2.42. The molecule has 1 saturated heterocycles. The summed E-state index contributed by atoms with van der Waals surface area (Å²) in [5.74, 6) is 0. The lowest BCUT2D eigenvalue weighted by atomic mass is 10.0. The number of halogens is 1. The Morgan fingerprint density at radius 2 is 1.69 bits per heavy atom. The molecule has 1 fully saturated rings. The Labute approximate surface area is 202 Å². The van der Waals surface area contributed by atoms with Crippen molar-refractivity contribution >= 4 is 38.9 Å². The van der Waals surface area contributed by atoms with Gasteiger partial charge in [-0.15, -0.1) is 0 Å². The molecule has 1 aliphatic heterocycles. The predicted molar refractivity (Wildman–Crippen MR) is 137 cm³/mol. The van der Waals surface area contributed by atoms with Crippen LogP contribution in [0.15, 0.2) is 89.7 Å². The maximum Gasteiger partial charge on any atom is 0.174 e. The summed E-state index contributed by atoms with van der Waals surface area (Å²) in [5, 5.41) is 4.24. The van der Waals surface area contributed by atoms with E-state index in [-0.39, 0.29) is 12.1 Å². The van der Waals surface area contributed by atoms with Gasteiger partial charge in [-0.2, -0.15) is 0 Å². The van der Waals surface area contributed by atoms with Gasteiger partial charge in [0.25, 0.3) is 0 Å². The molecule has 2 aromatic carbocycles. The Morgan fingerprint density at radius 3 is 2.41 bits per heavy atom. The van der Waals surface area contributed by atoms with Crippen LogP contribution in [0.25, 0.3) is 5.69 Å². The molecule has 0 spiro atoms. The summed E-state index contributed by atoms with van der Waals surface area (Å²) in [4.78, 5) is 6.86. The lowest BCUT2D eigenvalue weighted by Gasteiger charge is -2.29. The fourth-order valence-corrected chi connectivity index (χ4v) is 4.89. The standard InChI is InChI=1S/C26H23BrN4S/c1-17-8-11-21(16-18(17)2)30-15-5-7-23(30)25-24(22-6-3-4-14-28-22)29-26(32)31(25)20-12-9-19(27)10-13-20/h3-16,24-25H,1-2H3,(H,29,32)/t24-,25-/m0/s1. The molecule has 0 bridgehead atoms. The van der Waals surface area contributed by atoms with Crippen LogP contribution in [0, 0.1) is 13.8 Å². The minimum atomic E-state index is -0.0763. The van der Waals surface area contributed by atoms with Crippen LogP contribution in [0.2, 0.25) is 0 Å². The molecule has 1 N–H and O–H groups in total. The number of thiocarbonyl (C=S) groups is 1. The molecule has 0 aliphatic carbocycles. The second-order valence-electron chi connectivity index (χ2n) is 8.04. The van der Waals surface area contributed by atoms with Gasteiger partial charge in [-0.25, -0.2) is 0 Å². The number of anilines is 1. The Kier molecular flexibility index (Phi) is 5.57. The highest BCUT2D eigenvalue weighted by molar-refractivity contribution is 9.10. The second-order valence-corrected chi connectivity index (χ2v) is 9.35. The van der Waals surface area contributed by atoms with Crippen molar-refractivity contribution in [1.29, 1.82) is 0 Å². The summed E-state index contributed by atoms with van der Waals surface area (Å²) in [5.41, 5.74) is 6.86. The maximum absolute atomic E-state index is 5.85. The number of nitrogens with zero attached hydrogens (tertiary/aromatic N) is 3. The van der Waals surface area contributed by atoms with Crippen LogP contribution < -0.4 is 10.2 Å². The van der Waals surface area contributed by atoms with Crippen LogP contribution in [-0.4, -0.2) is 14.7 Å². The topological polar surface area (TPSA) is 33.1 Å². The van der Waals surface area contributed by atoms with E-state index in [1.807, 2.05) is 30.5 Å². The van der Waals surface area contributed by atoms with Gasteiger partial charge in [0.1, 0.15) is 6.04 Å². The monoisotopic (exact) mass is 502 g/mol. The number of rotatable bonds is 4. The zero-order valence-corrected chi connectivity index (χ0v) is 20.3. The van der Waals surface area contributed by atoms with E-state index in [2.05, 4.69) is 104 Å². The number of pyridine rings is 1. The van der Waals surface area contributed by atoms with E-state index in [0.29, 0.717) is 5.11 Å². The largest absolute Gasteiger partial charge is 0.351 e. The first kappa shape index (κ1) is 20.9. The fourth-order valence-electron chi connectivity index (χ4n) is 4.28.